The van der Waals surface area contributed by atoms with Gasteiger partial charge >= 0.3 is 0 Å². The summed E-state index contributed by atoms with van der Waals surface area (Å²) in [6.45, 7) is 2.50. The molecule has 156 valence electrons. The number of halogens is 1. The number of rotatable bonds is 4. The number of fused-ring (bicyclic) bond motifs is 3. The predicted octanol–water partition coefficient (Wildman–Crippen LogP) is 3.06. The van der Waals surface area contributed by atoms with E-state index in [-0.39, 0.29) is 36.0 Å². The number of hydrogen-bond donors (Lipinski definition) is 1. The summed E-state index contributed by atoms with van der Waals surface area (Å²) in [6.07, 6.45) is 3.82. The quantitative estimate of drug-likeness (QED) is 0.828. The summed E-state index contributed by atoms with van der Waals surface area (Å²) < 4.78 is 12.9. The molecule has 2 heterocycles. The molecule has 1 fully saturated rings. The first kappa shape index (κ1) is 21.4. The molecule has 0 saturated heterocycles. The second-order valence-electron chi connectivity index (χ2n) is 7.51. The van der Waals surface area contributed by atoms with Crippen LogP contribution in [0.1, 0.15) is 48.8 Å². The highest BCUT2D eigenvalue weighted by Gasteiger charge is 2.37. The van der Waals surface area contributed by atoms with Gasteiger partial charge in [-0.3, -0.25) is 9.79 Å². The highest BCUT2D eigenvalue weighted by molar-refractivity contribution is 6.14. The number of aliphatic imine (C=N–C) groups is 1. The van der Waals surface area contributed by atoms with E-state index in [1.165, 1.54) is 0 Å². The first-order valence-electron chi connectivity index (χ1n) is 9.79. The van der Waals surface area contributed by atoms with Gasteiger partial charge in [-0.15, -0.1) is 12.4 Å². The van der Waals surface area contributed by atoms with E-state index in [4.69, 9.17) is 14.5 Å². The highest BCUT2D eigenvalue weighted by Crippen LogP contribution is 2.44. The van der Waals surface area contributed by atoms with Crippen LogP contribution in [0.5, 0.6) is 11.5 Å². The van der Waals surface area contributed by atoms with Crippen molar-refractivity contribution in [1.29, 1.82) is 0 Å². The third-order valence-electron chi connectivity index (χ3n) is 5.73. The monoisotopic (exact) mass is 418 g/mol. The van der Waals surface area contributed by atoms with E-state index in [2.05, 4.69) is 0 Å². The summed E-state index contributed by atoms with van der Waals surface area (Å²) in [5, 5.41) is 10.3. The maximum absolute atomic E-state index is 11.8. The summed E-state index contributed by atoms with van der Waals surface area (Å²) in [5.74, 6) is 1.53. The van der Waals surface area contributed by atoms with Crippen molar-refractivity contribution in [2.45, 2.75) is 44.2 Å². The predicted molar refractivity (Wildman–Crippen MR) is 115 cm³/mol. The smallest absolute Gasteiger partial charge is 0.250 e. The van der Waals surface area contributed by atoms with Gasteiger partial charge in [0.05, 0.1) is 31.6 Å². The fourth-order valence-electron chi connectivity index (χ4n) is 4.34. The van der Waals surface area contributed by atoms with Crippen molar-refractivity contribution in [2.24, 2.45) is 12.0 Å². The van der Waals surface area contributed by atoms with Gasteiger partial charge in [-0.25, -0.2) is 0 Å². The lowest BCUT2D eigenvalue weighted by Crippen LogP contribution is -2.34. The Morgan fingerprint density at radius 1 is 1.24 bits per heavy atom. The van der Waals surface area contributed by atoms with E-state index < -0.39 is 0 Å². The number of methoxy groups -OCH3 is 1. The lowest BCUT2D eigenvalue weighted by Gasteiger charge is -2.37. The molecule has 0 amide bonds. The van der Waals surface area contributed by atoms with Crippen LogP contribution in [0, 0.1) is 0 Å². The number of benzene rings is 1. The Kier molecular flexibility index (Phi) is 6.34. The van der Waals surface area contributed by atoms with E-state index in [0.717, 1.165) is 35.2 Å². The molecule has 6 nitrogen and oxygen atoms in total. The highest BCUT2D eigenvalue weighted by atomic mass is 35.5. The second-order valence-corrected chi connectivity index (χ2v) is 7.51. The Morgan fingerprint density at radius 3 is 2.72 bits per heavy atom. The molecule has 1 aromatic heterocycles. The third-order valence-corrected chi connectivity index (χ3v) is 5.73. The number of aromatic nitrogens is 1. The van der Waals surface area contributed by atoms with Gasteiger partial charge in [-0.1, -0.05) is 0 Å². The molecule has 7 heteroatoms. The largest absolute Gasteiger partial charge is 0.493 e. The fraction of sp³-hybridized carbons (Fsp3) is 0.455. The van der Waals surface area contributed by atoms with Crippen molar-refractivity contribution in [2.75, 3.05) is 13.7 Å². The zero-order chi connectivity index (χ0) is 19.8. The topological polar surface area (TPSA) is 73.0 Å². The lowest BCUT2D eigenvalue weighted by atomic mass is 9.74. The van der Waals surface area contributed by atoms with Gasteiger partial charge in [0.15, 0.2) is 11.5 Å². The minimum absolute atomic E-state index is 0. The molecule has 0 unspecified atom stereocenters. The minimum Gasteiger partial charge on any atom is -0.493 e. The first-order valence-corrected chi connectivity index (χ1v) is 9.79. The number of aliphatic hydroxyl groups excluding tert-OH is 1. The molecule has 4 rings (SSSR count). The molecule has 2 aliphatic rings. The Morgan fingerprint density at radius 2 is 2.03 bits per heavy atom. The standard InChI is InChI=1S/C22H26N2O4.ClH/c1-4-28-20-10-15-16-9-14(25)6-7-18(16)23-22(17(15)11-19(20)27-3)13-5-8-21(26)24(2)12-13;/h5,8,10-12,14,16,18,25H,4,6-7,9H2,1-3H3;1H/t14-,16-,18-;/m1./s1. The molecule has 1 aliphatic carbocycles. The van der Waals surface area contributed by atoms with Gasteiger partial charge in [0.2, 0.25) is 5.56 Å². The first-order chi connectivity index (χ1) is 13.5. The van der Waals surface area contributed by atoms with Crippen molar-refractivity contribution in [3.63, 3.8) is 0 Å². The van der Waals surface area contributed by atoms with Crippen LogP contribution in [-0.2, 0) is 7.05 Å². The van der Waals surface area contributed by atoms with Gasteiger partial charge in [0.25, 0.3) is 0 Å². The van der Waals surface area contributed by atoms with E-state index >= 15 is 0 Å². The molecule has 1 aromatic carbocycles. The Bertz CT molecular complexity index is 985. The van der Waals surface area contributed by atoms with E-state index in [1.54, 1.807) is 24.8 Å². The average molecular weight is 419 g/mol. The number of pyridine rings is 1. The maximum atomic E-state index is 11.8. The molecule has 1 N–H and O–H groups in total. The van der Waals surface area contributed by atoms with Crippen molar-refractivity contribution in [1.82, 2.24) is 4.57 Å². The molecule has 0 spiro atoms. The fourth-order valence-corrected chi connectivity index (χ4v) is 4.34. The van der Waals surface area contributed by atoms with Gasteiger partial charge in [0.1, 0.15) is 0 Å². The van der Waals surface area contributed by atoms with Gasteiger partial charge < -0.3 is 19.1 Å². The summed E-state index contributed by atoms with van der Waals surface area (Å²) in [7, 11) is 3.37. The van der Waals surface area contributed by atoms with Crippen LogP contribution in [0.4, 0.5) is 0 Å². The molecule has 1 saturated carbocycles. The molecule has 1 aliphatic heterocycles. The zero-order valence-corrected chi connectivity index (χ0v) is 17.7. The molecular weight excluding hydrogens is 392 g/mol. The normalized spacial score (nSPS) is 22.6. The van der Waals surface area contributed by atoms with Crippen molar-refractivity contribution in [3.8, 4) is 11.5 Å². The molecule has 0 bridgehead atoms. The summed E-state index contributed by atoms with van der Waals surface area (Å²) in [6, 6.07) is 7.53. The minimum atomic E-state index is -0.305. The summed E-state index contributed by atoms with van der Waals surface area (Å²) >= 11 is 0. The molecule has 29 heavy (non-hydrogen) atoms. The van der Waals surface area contributed by atoms with Crippen LogP contribution in [0.15, 0.2) is 40.2 Å². The van der Waals surface area contributed by atoms with Gasteiger partial charge in [-0.05, 0) is 49.9 Å². The van der Waals surface area contributed by atoms with Crippen molar-refractivity contribution in [3.05, 3.63) is 57.5 Å². The molecule has 2 aromatic rings. The van der Waals surface area contributed by atoms with Crippen LogP contribution in [0.25, 0.3) is 0 Å². The van der Waals surface area contributed by atoms with Crippen LogP contribution >= 0.6 is 12.4 Å². The number of nitrogens with zero attached hydrogens (tertiary/aromatic N) is 2. The molecule has 0 radical (unpaired) electrons. The molecular formula is C22H27ClN2O4. The maximum Gasteiger partial charge on any atom is 0.250 e. The van der Waals surface area contributed by atoms with E-state index in [1.807, 2.05) is 31.3 Å². The Labute approximate surface area is 176 Å². The third kappa shape index (κ3) is 3.91. The summed E-state index contributed by atoms with van der Waals surface area (Å²) in [4.78, 5) is 16.9. The van der Waals surface area contributed by atoms with Crippen LogP contribution in [-0.4, -0.2) is 41.2 Å². The van der Waals surface area contributed by atoms with Crippen LogP contribution in [0.2, 0.25) is 0 Å². The number of ether oxygens (including phenoxy) is 2. The van der Waals surface area contributed by atoms with Gasteiger partial charge in [-0.2, -0.15) is 0 Å². The Hall–Kier alpha value is -2.31. The molecule has 3 atom stereocenters. The van der Waals surface area contributed by atoms with Gasteiger partial charge in [0, 0.05) is 36.4 Å². The van der Waals surface area contributed by atoms with E-state index in [9.17, 15) is 9.90 Å². The average Bonchev–Trinajstić information content (AvgIpc) is 2.69. The Balaban J connectivity index is 0.00000240. The van der Waals surface area contributed by atoms with E-state index in [0.29, 0.717) is 24.5 Å². The number of aryl methyl sites for hydroxylation is 1. The number of hydrogen-bond acceptors (Lipinski definition) is 5. The van der Waals surface area contributed by atoms with Crippen molar-refractivity contribution >= 4 is 18.1 Å². The number of aliphatic hydroxyl groups is 1. The second kappa shape index (κ2) is 8.59. The van der Waals surface area contributed by atoms with Crippen molar-refractivity contribution < 1.29 is 14.6 Å². The van der Waals surface area contributed by atoms with Crippen LogP contribution in [0.3, 0.4) is 0 Å². The summed E-state index contributed by atoms with van der Waals surface area (Å²) in [5.41, 5.74) is 3.83. The SMILES string of the molecule is CCOc1cc2c(cc1OC)C(c1ccc(=O)n(C)c1)=N[C@@H]1CC[C@@H](O)C[C@H]21.Cl. The lowest BCUT2D eigenvalue weighted by molar-refractivity contribution is 0.111. The zero-order valence-electron chi connectivity index (χ0n) is 16.9. The van der Waals surface area contributed by atoms with Crippen LogP contribution < -0.4 is 15.0 Å².